The maximum Gasteiger partial charge on any atom is 0.251 e. The lowest BCUT2D eigenvalue weighted by Crippen LogP contribution is -2.46. The molecular formula is C32H35FN4O5. The van der Waals surface area contributed by atoms with Crippen LogP contribution in [0.1, 0.15) is 54.2 Å². The highest BCUT2D eigenvalue weighted by atomic mass is 19.1. The molecule has 2 saturated carbocycles. The Morgan fingerprint density at radius 1 is 1.24 bits per heavy atom. The van der Waals surface area contributed by atoms with Crippen LogP contribution < -0.4 is 25.4 Å². The molecule has 6 rings (SSSR count). The van der Waals surface area contributed by atoms with Crippen LogP contribution in [0.2, 0.25) is 0 Å². The van der Waals surface area contributed by atoms with Crippen molar-refractivity contribution in [2.45, 2.75) is 49.9 Å². The van der Waals surface area contributed by atoms with E-state index in [-0.39, 0.29) is 36.9 Å². The summed E-state index contributed by atoms with van der Waals surface area (Å²) in [5, 5.41) is 16.6. The van der Waals surface area contributed by atoms with Crippen LogP contribution in [0.15, 0.2) is 61.3 Å². The maximum atomic E-state index is 13.8. The summed E-state index contributed by atoms with van der Waals surface area (Å²) in [6.07, 6.45) is 5.28. The number of methoxy groups -OCH3 is 1. The van der Waals surface area contributed by atoms with E-state index in [2.05, 4.69) is 11.9 Å². The first-order chi connectivity index (χ1) is 20.2. The zero-order chi connectivity index (χ0) is 29.6. The molecule has 10 heteroatoms. The van der Waals surface area contributed by atoms with Crippen molar-refractivity contribution in [3.05, 3.63) is 83.9 Å². The second kappa shape index (κ2) is 10.6. The Balaban J connectivity index is 1.34. The van der Waals surface area contributed by atoms with E-state index in [4.69, 9.17) is 25.0 Å². The molecule has 0 radical (unpaired) electrons. The number of hydrogen-bond donors (Lipinski definition) is 3. The molecule has 1 amide bonds. The summed E-state index contributed by atoms with van der Waals surface area (Å²) in [7, 11) is 1.53. The molecule has 3 aromatic rings. The first-order valence-corrected chi connectivity index (χ1v) is 14.1. The van der Waals surface area contributed by atoms with Crippen LogP contribution >= 0.6 is 0 Å². The van der Waals surface area contributed by atoms with E-state index in [1.807, 2.05) is 6.92 Å². The molecule has 1 unspecified atom stereocenters. The van der Waals surface area contributed by atoms with Crippen LogP contribution in [0.5, 0.6) is 17.2 Å². The fourth-order valence-corrected chi connectivity index (χ4v) is 5.40. The van der Waals surface area contributed by atoms with Gasteiger partial charge in [-0.3, -0.25) is 4.79 Å². The summed E-state index contributed by atoms with van der Waals surface area (Å²) >= 11 is 0. The van der Waals surface area contributed by atoms with E-state index in [0.29, 0.717) is 39.8 Å². The number of fused-ring (bicyclic) bond motifs is 1. The quantitative estimate of drug-likeness (QED) is 0.228. The predicted octanol–water partition coefficient (Wildman–Crippen LogP) is 4.39. The van der Waals surface area contributed by atoms with Gasteiger partial charge in [-0.1, -0.05) is 6.58 Å². The van der Waals surface area contributed by atoms with Crippen molar-refractivity contribution in [3.8, 4) is 28.5 Å². The normalized spacial score (nSPS) is 20.6. The van der Waals surface area contributed by atoms with Gasteiger partial charge in [-0.2, -0.15) is 0 Å². The number of ether oxygens (including phenoxy) is 3. The Labute approximate surface area is 244 Å². The van der Waals surface area contributed by atoms with Gasteiger partial charge >= 0.3 is 0 Å². The molecule has 0 spiro atoms. The molecule has 2 fully saturated rings. The number of aliphatic hydroxyl groups is 1. The van der Waals surface area contributed by atoms with Crippen LogP contribution in [0, 0.1) is 11.7 Å². The summed E-state index contributed by atoms with van der Waals surface area (Å²) in [5.41, 5.74) is 0.300. The number of carbonyl (C=O) groups is 1. The maximum absolute atomic E-state index is 13.8. The molecule has 1 aromatic heterocycles. The van der Waals surface area contributed by atoms with E-state index in [0.717, 1.165) is 31.2 Å². The molecule has 3 aliphatic rings. The van der Waals surface area contributed by atoms with Crippen LogP contribution in [0.25, 0.3) is 11.3 Å². The van der Waals surface area contributed by atoms with Gasteiger partial charge in [0.05, 0.1) is 25.5 Å². The number of carbonyl (C=O) groups excluding carboxylic acids is 1. The van der Waals surface area contributed by atoms with Gasteiger partial charge in [0.15, 0.2) is 17.2 Å². The van der Waals surface area contributed by atoms with Gasteiger partial charge < -0.3 is 29.6 Å². The van der Waals surface area contributed by atoms with Gasteiger partial charge in [0.2, 0.25) is 0 Å². The topological polar surface area (TPSA) is 119 Å². The molecule has 9 nitrogen and oxygen atoms in total. The van der Waals surface area contributed by atoms with Gasteiger partial charge in [0.25, 0.3) is 5.91 Å². The summed E-state index contributed by atoms with van der Waals surface area (Å²) in [4.78, 5) is 18.2. The van der Waals surface area contributed by atoms with Gasteiger partial charge in [0, 0.05) is 22.9 Å². The summed E-state index contributed by atoms with van der Waals surface area (Å²) in [6.45, 7) is 5.88. The third-order valence-electron chi connectivity index (χ3n) is 8.39. The summed E-state index contributed by atoms with van der Waals surface area (Å²) in [5.74, 6) is 7.05. The van der Waals surface area contributed by atoms with E-state index in [1.54, 1.807) is 36.4 Å². The Kier molecular flexibility index (Phi) is 7.06. The zero-order valence-corrected chi connectivity index (χ0v) is 23.7. The monoisotopic (exact) mass is 574 g/mol. The van der Waals surface area contributed by atoms with Crippen molar-refractivity contribution in [1.82, 2.24) is 15.3 Å². The third kappa shape index (κ3) is 5.05. The number of benzene rings is 2. The van der Waals surface area contributed by atoms with Crippen molar-refractivity contribution < 1.29 is 28.5 Å². The van der Waals surface area contributed by atoms with Crippen molar-refractivity contribution in [2.75, 3.05) is 20.3 Å². The van der Waals surface area contributed by atoms with Crippen LogP contribution in [-0.4, -0.2) is 47.4 Å². The largest absolute Gasteiger partial charge is 0.493 e. The first kappa shape index (κ1) is 28.0. The minimum Gasteiger partial charge on any atom is -0.493 e. The summed E-state index contributed by atoms with van der Waals surface area (Å²) in [6, 6.07) is 12.8. The molecule has 1 aliphatic heterocycles. The highest BCUT2D eigenvalue weighted by molar-refractivity contribution is 5.95. The molecule has 4 N–H and O–H groups in total. The van der Waals surface area contributed by atoms with Crippen molar-refractivity contribution in [2.24, 2.45) is 11.8 Å². The predicted molar refractivity (Wildman–Crippen MR) is 154 cm³/mol. The van der Waals surface area contributed by atoms with Crippen LogP contribution in [0.4, 0.5) is 4.39 Å². The molecule has 42 heavy (non-hydrogen) atoms. The van der Waals surface area contributed by atoms with Crippen LogP contribution in [-0.2, 0) is 11.1 Å². The zero-order valence-electron chi connectivity index (χ0n) is 23.7. The number of hydrazine groups is 1. The SMILES string of the molecule is C=CN(N)[C@@]1(C)COc2c1cc(C(O)(CNC(=O)c1ccc(OC3CC3)c(OC)c1)C1CC1)nc2-c1ccc(F)cc1. The van der Waals surface area contributed by atoms with E-state index < -0.39 is 11.1 Å². The summed E-state index contributed by atoms with van der Waals surface area (Å²) < 4.78 is 31.2. The average Bonchev–Trinajstić information content (AvgIpc) is 3.94. The molecule has 0 bridgehead atoms. The smallest absolute Gasteiger partial charge is 0.251 e. The molecule has 2 aliphatic carbocycles. The number of pyridine rings is 1. The number of halogens is 1. The van der Waals surface area contributed by atoms with Crippen molar-refractivity contribution in [3.63, 3.8) is 0 Å². The number of aromatic nitrogens is 1. The minimum atomic E-state index is -1.48. The fraction of sp³-hybridized carbons (Fsp3) is 0.375. The van der Waals surface area contributed by atoms with Gasteiger partial charge in [-0.15, -0.1) is 0 Å². The highest BCUT2D eigenvalue weighted by Gasteiger charge is 2.49. The van der Waals surface area contributed by atoms with Gasteiger partial charge in [-0.05, 0) is 87.1 Å². The Bertz CT molecular complexity index is 1520. The lowest BCUT2D eigenvalue weighted by atomic mass is 9.86. The highest BCUT2D eigenvalue weighted by Crippen LogP contribution is 2.50. The van der Waals surface area contributed by atoms with Crippen molar-refractivity contribution >= 4 is 5.91 Å². The molecule has 0 saturated heterocycles. The number of nitrogens with two attached hydrogens (primary N) is 1. The van der Waals surface area contributed by atoms with Crippen molar-refractivity contribution in [1.29, 1.82) is 0 Å². The molecule has 2 aromatic carbocycles. The average molecular weight is 575 g/mol. The second-order valence-electron chi connectivity index (χ2n) is 11.5. The number of nitrogens with zero attached hydrogens (tertiary/aromatic N) is 2. The lowest BCUT2D eigenvalue weighted by Gasteiger charge is -2.34. The van der Waals surface area contributed by atoms with E-state index >= 15 is 0 Å². The van der Waals surface area contributed by atoms with Gasteiger partial charge in [0.1, 0.15) is 29.3 Å². The minimum absolute atomic E-state index is 0.0703. The number of amides is 1. The van der Waals surface area contributed by atoms with E-state index in [9.17, 15) is 14.3 Å². The second-order valence-corrected chi connectivity index (χ2v) is 11.5. The molecule has 2 heterocycles. The number of hydrogen-bond acceptors (Lipinski definition) is 8. The molecule has 2 atom stereocenters. The van der Waals surface area contributed by atoms with Gasteiger partial charge in [-0.25, -0.2) is 15.2 Å². The molecule has 220 valence electrons. The Hall–Kier alpha value is -4.15. The Morgan fingerprint density at radius 3 is 2.62 bits per heavy atom. The fourth-order valence-electron chi connectivity index (χ4n) is 5.40. The number of rotatable bonds is 11. The van der Waals surface area contributed by atoms with E-state index in [1.165, 1.54) is 30.5 Å². The third-order valence-corrected chi connectivity index (χ3v) is 8.39. The number of nitrogens with one attached hydrogen (secondary N) is 1. The first-order valence-electron chi connectivity index (χ1n) is 14.1. The Morgan fingerprint density at radius 2 is 1.98 bits per heavy atom. The molecular weight excluding hydrogens is 539 g/mol. The standard InChI is InChI=1S/C32H35FN4O5/c1-4-37(34)31(2)18-41-29-24(31)16-27(36-28(29)19-5-10-22(33)11-6-19)32(39,21-8-9-21)17-35-30(38)20-7-14-25(26(15-20)40-3)42-23-12-13-23/h4-7,10-11,14-16,21,23,39H,1,8-9,12-13,17-18,34H2,2-3H3,(H,35,38)/t31-,32?/m0/s1. The van der Waals surface area contributed by atoms with Crippen LogP contribution in [0.3, 0.4) is 0 Å². The lowest BCUT2D eigenvalue weighted by molar-refractivity contribution is 0.00936.